The highest BCUT2D eigenvalue weighted by atomic mass is 35.5. The molecule has 0 aliphatic carbocycles. The first-order valence-electron chi connectivity index (χ1n) is 13.0. The molecule has 40 heavy (non-hydrogen) atoms. The maximum absolute atomic E-state index is 13.1. The molecule has 3 aromatic rings. The van der Waals surface area contributed by atoms with Crippen LogP contribution in [-0.4, -0.2) is 47.3 Å². The zero-order chi connectivity index (χ0) is 29.4. The van der Waals surface area contributed by atoms with Gasteiger partial charge in [-0.2, -0.15) is 5.10 Å². The molecule has 2 atom stereocenters. The molecule has 0 aliphatic heterocycles. The minimum Gasteiger partial charge on any atom is -0.479 e. The lowest BCUT2D eigenvalue weighted by atomic mass is 10.0. The Labute approximate surface area is 243 Å². The topological polar surface area (TPSA) is 111 Å². The van der Waals surface area contributed by atoms with Gasteiger partial charge >= 0.3 is 5.97 Å². The first-order chi connectivity index (χ1) is 19.0. The van der Waals surface area contributed by atoms with E-state index < -0.39 is 24.0 Å². The van der Waals surface area contributed by atoms with Crippen LogP contribution in [-0.2, 0) is 25.7 Å². The van der Waals surface area contributed by atoms with Crippen molar-refractivity contribution in [2.45, 2.75) is 59.7 Å². The second-order valence-corrected chi connectivity index (χ2v) is 10.5. The summed E-state index contributed by atoms with van der Waals surface area (Å²) < 4.78 is 12.7. The Morgan fingerprint density at radius 3 is 2.48 bits per heavy atom. The average molecular weight is 590 g/mol. The molecule has 0 aliphatic rings. The maximum atomic E-state index is 13.1. The highest BCUT2D eigenvalue weighted by Gasteiger charge is 2.26. The number of carbonyl (C=O) groups excluding carboxylic acids is 3. The van der Waals surface area contributed by atoms with E-state index in [1.807, 2.05) is 49.6 Å². The minimum absolute atomic E-state index is 0.0599. The molecule has 0 saturated heterocycles. The van der Waals surface area contributed by atoms with Crippen LogP contribution in [0, 0.1) is 12.8 Å². The Bertz CT molecular complexity index is 1400. The van der Waals surface area contributed by atoms with E-state index in [4.69, 9.17) is 32.7 Å². The Morgan fingerprint density at radius 1 is 1.07 bits per heavy atom. The molecule has 0 saturated carbocycles. The summed E-state index contributed by atoms with van der Waals surface area (Å²) in [5, 5.41) is 8.53. The van der Waals surface area contributed by atoms with Gasteiger partial charge in [-0.3, -0.25) is 14.4 Å². The van der Waals surface area contributed by atoms with Crippen molar-refractivity contribution in [2.75, 3.05) is 6.61 Å². The van der Waals surface area contributed by atoms with Crippen LogP contribution >= 0.6 is 23.2 Å². The van der Waals surface area contributed by atoms with Crippen molar-refractivity contribution in [1.29, 1.82) is 0 Å². The number of aromatic nitrogens is 1. The molecule has 0 radical (unpaired) electrons. The summed E-state index contributed by atoms with van der Waals surface area (Å²) in [6.45, 7) is 9.46. The van der Waals surface area contributed by atoms with Crippen molar-refractivity contribution >= 4 is 58.1 Å². The summed E-state index contributed by atoms with van der Waals surface area (Å²) in [4.78, 5) is 38.1. The van der Waals surface area contributed by atoms with Gasteiger partial charge in [0.2, 0.25) is 0 Å². The van der Waals surface area contributed by atoms with Crippen LogP contribution in [0.1, 0.15) is 45.4 Å². The molecule has 9 nitrogen and oxygen atoms in total. The third-order valence-electron chi connectivity index (χ3n) is 6.15. The normalized spacial score (nSPS) is 12.9. The number of hydrazone groups is 1. The smallest absolute Gasteiger partial charge is 0.325 e. The van der Waals surface area contributed by atoms with Gasteiger partial charge in [-0.25, -0.2) is 5.43 Å². The third-order valence-corrected chi connectivity index (χ3v) is 6.68. The summed E-state index contributed by atoms with van der Waals surface area (Å²) in [5.41, 5.74) is 4.95. The Hall–Kier alpha value is -3.56. The van der Waals surface area contributed by atoms with Crippen molar-refractivity contribution in [3.8, 4) is 5.75 Å². The molecular formula is C29H34Cl2N4O5. The van der Waals surface area contributed by atoms with E-state index >= 15 is 0 Å². The quantitative estimate of drug-likeness (QED) is 0.170. The van der Waals surface area contributed by atoms with E-state index in [-0.39, 0.29) is 23.5 Å². The number of carbonyl (C=O) groups is 3. The third kappa shape index (κ3) is 7.99. The highest BCUT2D eigenvalue weighted by Crippen LogP contribution is 2.28. The lowest BCUT2D eigenvalue weighted by Gasteiger charge is -2.22. The predicted molar refractivity (Wildman–Crippen MR) is 157 cm³/mol. The van der Waals surface area contributed by atoms with Gasteiger partial charge in [0.25, 0.3) is 11.8 Å². The molecule has 11 heteroatoms. The first-order valence-corrected chi connectivity index (χ1v) is 13.8. The predicted octanol–water partition coefficient (Wildman–Crippen LogP) is 5.27. The molecule has 1 aromatic heterocycles. The van der Waals surface area contributed by atoms with Gasteiger partial charge in [-0.15, -0.1) is 0 Å². The molecule has 1 heterocycles. The summed E-state index contributed by atoms with van der Waals surface area (Å²) in [5.74, 6) is -0.866. The summed E-state index contributed by atoms with van der Waals surface area (Å²) in [7, 11) is 0. The summed E-state index contributed by atoms with van der Waals surface area (Å²) >= 11 is 12.1. The minimum atomic E-state index is -0.919. The van der Waals surface area contributed by atoms with Crippen LogP contribution in [0.5, 0.6) is 5.75 Å². The molecule has 214 valence electrons. The van der Waals surface area contributed by atoms with Crippen molar-refractivity contribution in [2.24, 2.45) is 11.0 Å². The molecular weight excluding hydrogens is 555 g/mol. The fourth-order valence-electron chi connectivity index (χ4n) is 4.21. The first kappa shape index (κ1) is 31.0. The number of amides is 2. The number of nitrogens with zero attached hydrogens (tertiary/aromatic N) is 2. The number of benzene rings is 2. The molecule has 0 unspecified atom stereocenters. The number of nitrogens with one attached hydrogen (secondary N) is 2. The molecule has 0 spiro atoms. The van der Waals surface area contributed by atoms with E-state index in [0.29, 0.717) is 23.8 Å². The van der Waals surface area contributed by atoms with Crippen molar-refractivity contribution in [3.05, 3.63) is 63.8 Å². The van der Waals surface area contributed by atoms with Crippen LogP contribution in [0.4, 0.5) is 0 Å². The largest absolute Gasteiger partial charge is 0.479 e. The number of hydrogen-bond acceptors (Lipinski definition) is 6. The van der Waals surface area contributed by atoms with E-state index in [1.54, 1.807) is 32.2 Å². The van der Waals surface area contributed by atoms with Crippen LogP contribution in [0.25, 0.3) is 10.9 Å². The van der Waals surface area contributed by atoms with Gasteiger partial charge in [0, 0.05) is 27.2 Å². The van der Waals surface area contributed by atoms with Crippen LogP contribution in [0.3, 0.4) is 0 Å². The Balaban J connectivity index is 1.73. The fourth-order valence-corrected chi connectivity index (χ4v) is 4.66. The van der Waals surface area contributed by atoms with Crippen LogP contribution in [0.15, 0.2) is 47.6 Å². The van der Waals surface area contributed by atoms with E-state index in [9.17, 15) is 14.4 Å². The van der Waals surface area contributed by atoms with E-state index in [1.165, 1.54) is 6.07 Å². The second-order valence-electron chi connectivity index (χ2n) is 9.67. The van der Waals surface area contributed by atoms with Gasteiger partial charge < -0.3 is 19.4 Å². The highest BCUT2D eigenvalue weighted by molar-refractivity contribution is 6.35. The Morgan fingerprint density at radius 2 is 1.80 bits per heavy atom. The Kier molecular flexibility index (Phi) is 11.0. The molecule has 2 amide bonds. The average Bonchev–Trinajstić information content (AvgIpc) is 3.15. The maximum Gasteiger partial charge on any atom is 0.325 e. The van der Waals surface area contributed by atoms with Gasteiger partial charge in [0.1, 0.15) is 18.3 Å². The lowest BCUT2D eigenvalue weighted by molar-refractivity contribution is -0.143. The number of esters is 1. The zero-order valence-corrected chi connectivity index (χ0v) is 24.7. The molecule has 2 aromatic carbocycles. The monoisotopic (exact) mass is 588 g/mol. The zero-order valence-electron chi connectivity index (χ0n) is 23.2. The molecule has 0 bridgehead atoms. The lowest BCUT2D eigenvalue weighted by Crippen LogP contribution is -2.49. The van der Waals surface area contributed by atoms with E-state index in [0.717, 1.165) is 22.2 Å². The summed E-state index contributed by atoms with van der Waals surface area (Å²) in [6.07, 6.45) is 1.01. The van der Waals surface area contributed by atoms with Gasteiger partial charge in [-0.05, 0) is 57.4 Å². The van der Waals surface area contributed by atoms with Gasteiger partial charge in [-0.1, -0.05) is 55.2 Å². The number of hydrogen-bond donors (Lipinski definition) is 2. The molecule has 0 fully saturated rings. The van der Waals surface area contributed by atoms with Crippen LogP contribution in [0.2, 0.25) is 10.0 Å². The molecule has 3 rings (SSSR count). The van der Waals surface area contributed by atoms with Gasteiger partial charge in [0.05, 0.1) is 17.8 Å². The van der Waals surface area contributed by atoms with Crippen molar-refractivity contribution in [3.63, 3.8) is 0 Å². The SMILES string of the molecule is CCOC(=O)Cn1c(C)c(/C=N\NC(=O)[C@@H](CC(C)C)NC(=O)[C@H](C)Oc2ccc(Cl)cc2Cl)c2ccccc21. The number of para-hydroxylation sites is 1. The van der Waals surface area contributed by atoms with Crippen molar-refractivity contribution < 1.29 is 23.9 Å². The number of fused-ring (bicyclic) bond motifs is 1. The molecule has 2 N–H and O–H groups in total. The number of halogens is 2. The van der Waals surface area contributed by atoms with Crippen molar-refractivity contribution in [1.82, 2.24) is 15.3 Å². The van der Waals surface area contributed by atoms with Gasteiger partial charge in [0.15, 0.2) is 6.10 Å². The number of rotatable bonds is 12. The van der Waals surface area contributed by atoms with E-state index in [2.05, 4.69) is 15.8 Å². The standard InChI is InChI=1S/C29H34Cl2N4O5/c1-6-39-27(36)16-35-18(4)22(21-9-7-8-10-25(21)35)15-32-34-29(38)24(13-17(2)3)33-28(37)19(5)40-26-12-11-20(30)14-23(26)31/h7-12,14-15,17,19,24H,6,13,16H2,1-5H3,(H,33,37)(H,34,38)/b32-15-/t19-,24+/m0/s1. The summed E-state index contributed by atoms with van der Waals surface area (Å²) in [6, 6.07) is 11.5. The second kappa shape index (κ2) is 14.2. The number of ether oxygens (including phenoxy) is 2. The van der Waals surface area contributed by atoms with Crippen LogP contribution < -0.4 is 15.5 Å². The fraction of sp³-hybridized carbons (Fsp3) is 0.379.